The number of benzene rings is 3. The third kappa shape index (κ3) is 6.62. The van der Waals surface area contributed by atoms with Crippen LogP contribution in [0, 0.1) is 5.92 Å². The molecule has 1 amide bonds. The zero-order valence-electron chi connectivity index (χ0n) is 23.1. The van der Waals surface area contributed by atoms with Crippen molar-refractivity contribution in [3.05, 3.63) is 101 Å². The molecule has 6 N–H and O–H groups in total. The third-order valence-electron chi connectivity index (χ3n) is 8.01. The Kier molecular flexibility index (Phi) is 9.95. The number of nitrogens with zero attached hydrogens (tertiary/aromatic N) is 1. The van der Waals surface area contributed by atoms with Crippen LogP contribution < -0.4 is 10.5 Å². The zero-order valence-corrected chi connectivity index (χ0v) is 23.1. The molecule has 2 aliphatic rings. The molecule has 1 saturated heterocycles. The minimum atomic E-state index is -2.27. The number of aliphatic carboxylic acids is 2. The van der Waals surface area contributed by atoms with Crippen molar-refractivity contribution in [3.8, 4) is 5.75 Å². The average molecular weight is 577 g/mol. The molecule has 1 fully saturated rings. The van der Waals surface area contributed by atoms with Crippen LogP contribution in [0.1, 0.15) is 28.7 Å². The first-order valence-electron chi connectivity index (χ1n) is 13.8. The summed E-state index contributed by atoms with van der Waals surface area (Å²) in [5.41, 5.74) is 10.0. The van der Waals surface area contributed by atoms with Crippen LogP contribution in [0.15, 0.2) is 78.9 Å². The van der Waals surface area contributed by atoms with Crippen LogP contribution >= 0.6 is 0 Å². The van der Waals surface area contributed by atoms with E-state index in [0.717, 1.165) is 62.4 Å². The van der Waals surface area contributed by atoms with E-state index in [0.29, 0.717) is 0 Å². The number of primary amides is 1. The number of carboxylic acids is 2. The molecule has 0 spiro atoms. The van der Waals surface area contributed by atoms with Gasteiger partial charge in [0.05, 0.1) is 6.61 Å². The molecule has 0 saturated carbocycles. The van der Waals surface area contributed by atoms with E-state index in [9.17, 15) is 14.4 Å². The lowest BCUT2D eigenvalue weighted by Gasteiger charge is -2.37. The van der Waals surface area contributed by atoms with E-state index >= 15 is 0 Å². The van der Waals surface area contributed by atoms with Crippen LogP contribution in [-0.2, 0) is 32.6 Å². The second-order valence-electron chi connectivity index (χ2n) is 10.5. The third-order valence-corrected chi connectivity index (χ3v) is 8.01. The molecular weight excluding hydrogens is 540 g/mol. The summed E-state index contributed by atoms with van der Waals surface area (Å²) in [5.74, 6) is -2.63. The largest absolute Gasteiger partial charge is 0.493 e. The smallest absolute Gasteiger partial charge is 0.335 e. The van der Waals surface area contributed by atoms with Crippen molar-refractivity contribution in [2.24, 2.45) is 11.7 Å². The molecule has 3 aromatic rings. The van der Waals surface area contributed by atoms with Crippen LogP contribution in [0.25, 0.3) is 0 Å². The quantitative estimate of drug-likeness (QED) is 0.242. The number of ether oxygens (including phenoxy) is 1. The maximum absolute atomic E-state index is 13.2. The number of aliphatic hydroxyl groups is 2. The minimum absolute atomic E-state index is 0.137. The van der Waals surface area contributed by atoms with E-state index in [-0.39, 0.29) is 11.8 Å². The number of hydrogen-bond acceptors (Lipinski definition) is 7. The minimum Gasteiger partial charge on any atom is -0.493 e. The molecule has 0 bridgehead atoms. The fourth-order valence-corrected chi connectivity index (χ4v) is 5.87. The second-order valence-corrected chi connectivity index (χ2v) is 10.5. The monoisotopic (exact) mass is 576 g/mol. The van der Waals surface area contributed by atoms with Gasteiger partial charge in [-0.15, -0.1) is 0 Å². The van der Waals surface area contributed by atoms with Gasteiger partial charge in [0.25, 0.3) is 0 Å². The topological polar surface area (TPSA) is 171 Å². The summed E-state index contributed by atoms with van der Waals surface area (Å²) in [7, 11) is 0. The number of carboxylic acid groups (broad SMARTS) is 2. The van der Waals surface area contributed by atoms with Gasteiger partial charge in [0.1, 0.15) is 11.2 Å². The molecule has 2 heterocycles. The number of likely N-dealkylation sites (tertiary alicyclic amines) is 1. The van der Waals surface area contributed by atoms with E-state index in [2.05, 4.69) is 23.1 Å². The Bertz CT molecular complexity index is 1320. The van der Waals surface area contributed by atoms with Gasteiger partial charge in [-0.05, 0) is 53.6 Å². The lowest BCUT2D eigenvalue weighted by molar-refractivity contribution is -0.165. The molecule has 42 heavy (non-hydrogen) atoms. The first-order chi connectivity index (χ1) is 20.1. The van der Waals surface area contributed by atoms with Crippen molar-refractivity contribution in [1.82, 2.24) is 4.90 Å². The Morgan fingerprint density at radius 3 is 2.00 bits per heavy atom. The van der Waals surface area contributed by atoms with E-state index in [1.54, 1.807) is 0 Å². The maximum atomic E-state index is 13.2. The molecule has 0 aromatic heterocycles. The lowest BCUT2D eigenvalue weighted by atomic mass is 9.64. The van der Waals surface area contributed by atoms with Gasteiger partial charge in [0, 0.05) is 19.5 Å². The van der Waals surface area contributed by atoms with Crippen molar-refractivity contribution in [1.29, 1.82) is 0 Å². The van der Waals surface area contributed by atoms with Gasteiger partial charge in [-0.3, -0.25) is 4.79 Å². The number of carbonyl (C=O) groups excluding carboxylic acids is 1. The van der Waals surface area contributed by atoms with E-state index in [1.807, 2.05) is 60.7 Å². The Balaban J connectivity index is 0.000000349. The van der Waals surface area contributed by atoms with Crippen LogP contribution in [0.2, 0.25) is 0 Å². The van der Waals surface area contributed by atoms with Crippen molar-refractivity contribution in [3.63, 3.8) is 0 Å². The molecule has 2 unspecified atom stereocenters. The van der Waals surface area contributed by atoms with E-state index < -0.39 is 29.6 Å². The number of amides is 1. The summed E-state index contributed by atoms with van der Waals surface area (Å²) in [5, 5.41) is 32.5. The van der Waals surface area contributed by atoms with E-state index in [1.165, 1.54) is 11.1 Å². The second kappa shape index (κ2) is 13.6. The standard InChI is InChI=1S/C28H30N2O2.C4H6O6/c29-27(31)28(23-7-3-1-4-8-23,24-9-5-2-6-10-24)25-14-17-30(20-25)16-13-21-11-12-26-22(19-21)15-18-32-26;5-1(3(7)8)2(6)4(9)10/h1-12,19,25H,13-18,20H2,(H2,29,31);1-2,5-6H,(H,7,8)(H,9,10)/t25-;/m0./s1. The van der Waals surface area contributed by atoms with Gasteiger partial charge in [-0.2, -0.15) is 0 Å². The Morgan fingerprint density at radius 1 is 0.905 bits per heavy atom. The van der Waals surface area contributed by atoms with Crippen molar-refractivity contribution >= 4 is 17.8 Å². The number of aliphatic hydroxyl groups excluding tert-OH is 2. The van der Waals surface area contributed by atoms with Gasteiger partial charge in [-0.25, -0.2) is 9.59 Å². The number of rotatable bonds is 10. The molecule has 5 rings (SSSR count). The van der Waals surface area contributed by atoms with Crippen molar-refractivity contribution < 1.29 is 39.5 Å². The fraction of sp³-hybridized carbons (Fsp3) is 0.344. The fourth-order valence-electron chi connectivity index (χ4n) is 5.87. The van der Waals surface area contributed by atoms with E-state index in [4.69, 9.17) is 30.9 Å². The first kappa shape index (κ1) is 30.7. The van der Waals surface area contributed by atoms with Crippen LogP contribution in [0.5, 0.6) is 5.75 Å². The summed E-state index contributed by atoms with van der Waals surface area (Å²) in [6.45, 7) is 3.61. The van der Waals surface area contributed by atoms with Gasteiger partial charge >= 0.3 is 11.9 Å². The highest BCUT2D eigenvalue weighted by Gasteiger charge is 2.49. The number of nitrogens with two attached hydrogens (primary N) is 1. The molecule has 10 heteroatoms. The number of carbonyl (C=O) groups is 3. The molecule has 0 aliphatic carbocycles. The molecule has 2 aliphatic heterocycles. The molecule has 222 valence electrons. The molecular formula is C32H36N2O8. The van der Waals surface area contributed by atoms with Gasteiger partial charge in [-0.1, -0.05) is 72.8 Å². The summed E-state index contributed by atoms with van der Waals surface area (Å²) in [6, 6.07) is 26.7. The Labute approximate surface area is 244 Å². The summed E-state index contributed by atoms with van der Waals surface area (Å²) < 4.78 is 5.64. The molecule has 3 aromatic carbocycles. The Hall–Kier alpha value is -4.25. The average Bonchev–Trinajstić information content (AvgIpc) is 3.67. The summed E-state index contributed by atoms with van der Waals surface area (Å²) in [6.07, 6.45) is -1.58. The van der Waals surface area contributed by atoms with Crippen molar-refractivity contribution in [2.45, 2.75) is 36.9 Å². The normalized spacial score (nSPS) is 17.7. The van der Waals surface area contributed by atoms with Gasteiger partial charge < -0.3 is 35.8 Å². The predicted molar refractivity (Wildman–Crippen MR) is 154 cm³/mol. The highest BCUT2D eigenvalue weighted by molar-refractivity contribution is 5.91. The predicted octanol–water partition coefficient (Wildman–Crippen LogP) is 1.83. The molecule has 3 atom stereocenters. The van der Waals surface area contributed by atoms with Crippen LogP contribution in [-0.4, -0.2) is 81.6 Å². The van der Waals surface area contributed by atoms with Gasteiger partial charge in [0.15, 0.2) is 12.2 Å². The zero-order chi connectivity index (χ0) is 30.3. The molecule has 10 nitrogen and oxygen atoms in total. The highest BCUT2D eigenvalue weighted by atomic mass is 16.5. The Morgan fingerprint density at radius 2 is 1.48 bits per heavy atom. The summed E-state index contributed by atoms with van der Waals surface area (Å²) >= 11 is 0. The number of fused-ring (bicyclic) bond motifs is 1. The SMILES string of the molecule is NC(=O)C(c1ccccc1)(c1ccccc1)[C@H]1CCN(CCc2ccc3c(c2)CCO3)C1.O=C(O)C(O)C(O)C(=O)O. The van der Waals surface area contributed by atoms with Crippen LogP contribution in [0.4, 0.5) is 0 Å². The summed E-state index contributed by atoms with van der Waals surface area (Å²) in [4.78, 5) is 35.2. The lowest BCUT2D eigenvalue weighted by Crippen LogP contribution is -2.49. The molecule has 0 radical (unpaired) electrons. The first-order valence-corrected chi connectivity index (χ1v) is 13.8. The van der Waals surface area contributed by atoms with Crippen molar-refractivity contribution in [2.75, 3.05) is 26.2 Å². The highest BCUT2D eigenvalue weighted by Crippen LogP contribution is 2.43. The maximum Gasteiger partial charge on any atom is 0.335 e. The number of hydrogen-bond donors (Lipinski definition) is 5. The van der Waals surface area contributed by atoms with Crippen LogP contribution in [0.3, 0.4) is 0 Å². The van der Waals surface area contributed by atoms with Gasteiger partial charge in [0.2, 0.25) is 5.91 Å².